The van der Waals surface area contributed by atoms with Crippen molar-refractivity contribution in [3.8, 4) is 0 Å². The average Bonchev–Trinajstić information content (AvgIpc) is 2.51. The fraction of sp³-hybridized carbons (Fsp3) is 0.250. The summed E-state index contributed by atoms with van der Waals surface area (Å²) in [6, 6.07) is 19.5. The van der Waals surface area contributed by atoms with E-state index in [1.165, 1.54) is 0 Å². The lowest BCUT2D eigenvalue weighted by molar-refractivity contribution is -0.0187. The van der Waals surface area contributed by atoms with Gasteiger partial charge >= 0.3 is 6.16 Å². The summed E-state index contributed by atoms with van der Waals surface area (Å²) in [7, 11) is 0. The molecule has 0 radical (unpaired) electrons. The Labute approximate surface area is 137 Å². The molecule has 0 aliphatic carbocycles. The summed E-state index contributed by atoms with van der Waals surface area (Å²) in [5.41, 5.74) is 1.35. The van der Waals surface area contributed by atoms with E-state index in [1.807, 2.05) is 93.6 Å². The zero-order valence-corrected chi connectivity index (χ0v) is 13.7. The van der Waals surface area contributed by atoms with E-state index < -0.39 is 17.9 Å². The molecule has 0 aliphatic heterocycles. The molecule has 0 saturated carbocycles. The van der Waals surface area contributed by atoms with Gasteiger partial charge in [0.25, 0.3) is 0 Å². The summed E-state index contributed by atoms with van der Waals surface area (Å²) in [6.07, 6.45) is 2.62. The summed E-state index contributed by atoms with van der Waals surface area (Å²) in [5, 5.41) is 0. The third-order valence-corrected chi connectivity index (χ3v) is 3.00. The molecular formula is C20H22O3. The molecule has 2 aromatic carbocycles. The Morgan fingerprint density at radius 3 is 2.09 bits per heavy atom. The van der Waals surface area contributed by atoms with Gasteiger partial charge in [-0.15, -0.1) is 0 Å². The van der Waals surface area contributed by atoms with Gasteiger partial charge in [-0.2, -0.15) is 0 Å². The molecule has 1 atom stereocenters. The van der Waals surface area contributed by atoms with Crippen LogP contribution in [0.4, 0.5) is 4.79 Å². The second kappa shape index (κ2) is 7.63. The van der Waals surface area contributed by atoms with Gasteiger partial charge in [-0.25, -0.2) is 4.79 Å². The minimum absolute atomic E-state index is 0.494. The van der Waals surface area contributed by atoms with Crippen LogP contribution in [0.3, 0.4) is 0 Å². The normalized spacial score (nSPS) is 12.8. The zero-order valence-electron chi connectivity index (χ0n) is 13.7. The van der Waals surface area contributed by atoms with Crippen molar-refractivity contribution in [2.24, 2.45) is 0 Å². The first-order chi connectivity index (χ1) is 10.9. The fourth-order valence-corrected chi connectivity index (χ4v) is 2.00. The van der Waals surface area contributed by atoms with Crippen LogP contribution in [0.15, 0.2) is 66.7 Å². The minimum atomic E-state index is -0.677. The van der Waals surface area contributed by atoms with Crippen molar-refractivity contribution in [1.29, 1.82) is 0 Å². The van der Waals surface area contributed by atoms with Gasteiger partial charge in [0, 0.05) is 0 Å². The maximum atomic E-state index is 12.0. The molecule has 0 heterocycles. The Kier molecular flexibility index (Phi) is 5.58. The van der Waals surface area contributed by atoms with Crippen LogP contribution in [0.1, 0.15) is 38.0 Å². The van der Waals surface area contributed by atoms with Crippen molar-refractivity contribution in [3.63, 3.8) is 0 Å². The van der Waals surface area contributed by atoms with Crippen molar-refractivity contribution < 1.29 is 14.3 Å². The highest BCUT2D eigenvalue weighted by atomic mass is 16.7. The number of carbonyl (C=O) groups is 1. The van der Waals surface area contributed by atoms with Gasteiger partial charge in [-0.1, -0.05) is 66.7 Å². The topological polar surface area (TPSA) is 35.5 Å². The van der Waals surface area contributed by atoms with Crippen LogP contribution in [0.25, 0.3) is 6.08 Å². The number of benzene rings is 2. The van der Waals surface area contributed by atoms with Gasteiger partial charge in [0.2, 0.25) is 0 Å². The highest BCUT2D eigenvalue weighted by Crippen LogP contribution is 2.22. The third-order valence-electron chi connectivity index (χ3n) is 3.00. The van der Waals surface area contributed by atoms with E-state index in [-0.39, 0.29) is 0 Å². The average molecular weight is 310 g/mol. The number of rotatable bonds is 4. The highest BCUT2D eigenvalue weighted by molar-refractivity contribution is 5.62. The molecular weight excluding hydrogens is 288 g/mol. The Bertz CT molecular complexity index is 640. The predicted molar refractivity (Wildman–Crippen MR) is 92.0 cm³/mol. The summed E-state index contributed by atoms with van der Waals surface area (Å²) in [4.78, 5) is 12.0. The Hall–Kier alpha value is -2.55. The van der Waals surface area contributed by atoms with Crippen molar-refractivity contribution in [3.05, 3.63) is 77.9 Å². The van der Waals surface area contributed by atoms with Crippen LogP contribution in [0.2, 0.25) is 0 Å². The molecule has 2 rings (SSSR count). The van der Waals surface area contributed by atoms with Crippen LogP contribution >= 0.6 is 0 Å². The van der Waals surface area contributed by atoms with Crippen LogP contribution in [-0.4, -0.2) is 11.8 Å². The number of hydrogen-bond donors (Lipinski definition) is 0. The Balaban J connectivity index is 2.16. The van der Waals surface area contributed by atoms with E-state index in [0.29, 0.717) is 0 Å². The third kappa shape index (κ3) is 5.99. The lowest BCUT2D eigenvalue weighted by Crippen LogP contribution is -2.25. The van der Waals surface area contributed by atoms with E-state index in [2.05, 4.69) is 0 Å². The Morgan fingerprint density at radius 2 is 1.52 bits per heavy atom. The molecule has 0 N–H and O–H groups in total. The van der Waals surface area contributed by atoms with Crippen LogP contribution in [-0.2, 0) is 9.47 Å². The van der Waals surface area contributed by atoms with Crippen molar-refractivity contribution >= 4 is 12.2 Å². The minimum Gasteiger partial charge on any atom is -0.429 e. The molecule has 0 aromatic heterocycles. The quantitative estimate of drug-likeness (QED) is 0.710. The van der Waals surface area contributed by atoms with Gasteiger partial charge in [0.1, 0.15) is 11.7 Å². The summed E-state index contributed by atoms with van der Waals surface area (Å²) in [5.74, 6) is 0. The first-order valence-corrected chi connectivity index (χ1v) is 7.62. The smallest absolute Gasteiger partial charge is 0.429 e. The standard InChI is InChI=1S/C20H22O3/c1-20(2,3)23-19(21)22-18(17-12-8-5-9-13-17)15-14-16-10-6-4-7-11-16/h4-15,18H,1-3H3/b15-14+. The van der Waals surface area contributed by atoms with Crippen molar-refractivity contribution in [2.45, 2.75) is 32.5 Å². The molecule has 120 valence electrons. The fourth-order valence-electron chi connectivity index (χ4n) is 2.00. The molecule has 0 aliphatic rings. The second-order valence-electron chi connectivity index (χ2n) is 6.18. The summed E-state index contributed by atoms with van der Waals surface area (Å²) >= 11 is 0. The van der Waals surface area contributed by atoms with E-state index in [9.17, 15) is 4.79 Å². The molecule has 3 nitrogen and oxygen atoms in total. The molecule has 0 fully saturated rings. The molecule has 0 bridgehead atoms. The summed E-state index contributed by atoms with van der Waals surface area (Å²) < 4.78 is 10.7. The molecule has 23 heavy (non-hydrogen) atoms. The first-order valence-electron chi connectivity index (χ1n) is 7.62. The molecule has 0 amide bonds. The van der Waals surface area contributed by atoms with Gasteiger partial charge in [0.15, 0.2) is 0 Å². The zero-order chi connectivity index (χ0) is 16.7. The van der Waals surface area contributed by atoms with E-state index in [4.69, 9.17) is 9.47 Å². The molecule has 1 unspecified atom stereocenters. The van der Waals surface area contributed by atoms with Crippen molar-refractivity contribution in [1.82, 2.24) is 0 Å². The van der Waals surface area contributed by atoms with Gasteiger partial charge in [-0.05, 0) is 38.0 Å². The molecule has 0 spiro atoms. The summed E-state index contributed by atoms with van der Waals surface area (Å²) in [6.45, 7) is 5.43. The second-order valence-corrected chi connectivity index (χ2v) is 6.18. The van der Waals surface area contributed by atoms with Crippen molar-refractivity contribution in [2.75, 3.05) is 0 Å². The maximum absolute atomic E-state index is 12.0. The molecule has 0 saturated heterocycles. The number of hydrogen-bond acceptors (Lipinski definition) is 3. The number of ether oxygens (including phenoxy) is 2. The largest absolute Gasteiger partial charge is 0.509 e. The van der Waals surface area contributed by atoms with Crippen LogP contribution in [0, 0.1) is 0 Å². The van der Waals surface area contributed by atoms with Crippen LogP contribution < -0.4 is 0 Å². The van der Waals surface area contributed by atoms with Gasteiger partial charge < -0.3 is 9.47 Å². The van der Waals surface area contributed by atoms with Crippen LogP contribution in [0.5, 0.6) is 0 Å². The number of carbonyl (C=O) groups excluding carboxylic acids is 1. The highest BCUT2D eigenvalue weighted by Gasteiger charge is 2.21. The predicted octanol–water partition coefficient (Wildman–Crippen LogP) is 5.39. The van der Waals surface area contributed by atoms with E-state index in [1.54, 1.807) is 0 Å². The SMILES string of the molecule is CC(C)(C)OC(=O)OC(/C=C/c1ccccc1)c1ccccc1. The van der Waals surface area contributed by atoms with E-state index >= 15 is 0 Å². The van der Waals surface area contributed by atoms with Gasteiger partial charge in [-0.3, -0.25) is 0 Å². The lowest BCUT2D eigenvalue weighted by Gasteiger charge is -2.21. The lowest BCUT2D eigenvalue weighted by atomic mass is 10.1. The maximum Gasteiger partial charge on any atom is 0.509 e. The molecule has 2 aromatic rings. The molecule has 3 heteroatoms. The van der Waals surface area contributed by atoms with Gasteiger partial charge in [0.05, 0.1) is 0 Å². The van der Waals surface area contributed by atoms with E-state index in [0.717, 1.165) is 11.1 Å². The first kappa shape index (κ1) is 16.8. The monoisotopic (exact) mass is 310 g/mol. The Morgan fingerprint density at radius 1 is 0.957 bits per heavy atom.